The second kappa shape index (κ2) is 6.92. The van der Waals surface area contributed by atoms with Crippen molar-refractivity contribution in [2.45, 2.75) is 38.6 Å². The molecule has 2 heterocycles. The molecule has 0 unspecified atom stereocenters. The van der Waals surface area contributed by atoms with Gasteiger partial charge in [-0.3, -0.25) is 14.4 Å². The van der Waals surface area contributed by atoms with Crippen molar-refractivity contribution in [1.29, 1.82) is 0 Å². The first kappa shape index (κ1) is 16.8. The Labute approximate surface area is 158 Å². The first-order chi connectivity index (χ1) is 12.1. The van der Waals surface area contributed by atoms with Gasteiger partial charge >= 0.3 is 4.87 Å². The number of hydrogen-bond donors (Lipinski definition) is 1. The molecular weight excluding hydrogens is 400 g/mol. The molecule has 6 heteroatoms. The topological polar surface area (TPSA) is 54.6 Å². The van der Waals surface area contributed by atoms with E-state index in [1.807, 2.05) is 24.3 Å². The molecule has 1 saturated carbocycles. The fraction of sp³-hybridized carbons (Fsp3) is 0.368. The Bertz CT molecular complexity index is 920. The number of hydrogen-bond acceptors (Lipinski definition) is 4. The molecule has 1 aliphatic heterocycles. The first-order valence-corrected chi connectivity index (χ1v) is 10.2. The highest BCUT2D eigenvalue weighted by atomic mass is 79.9. The average Bonchev–Trinajstić information content (AvgIpc) is 3.12. The van der Waals surface area contributed by atoms with E-state index in [1.54, 1.807) is 10.8 Å². The number of allylic oxidation sites excluding steroid dienone is 1. The number of aliphatic imine (C=N–C) groups is 1. The number of aromatic hydroxyl groups is 1. The highest BCUT2D eigenvalue weighted by Crippen LogP contribution is 2.36. The average molecular weight is 419 g/mol. The first-order valence-electron chi connectivity index (χ1n) is 8.60. The van der Waals surface area contributed by atoms with Crippen molar-refractivity contribution in [2.75, 3.05) is 0 Å². The van der Waals surface area contributed by atoms with Crippen LogP contribution in [-0.4, -0.2) is 15.9 Å². The molecule has 0 saturated heterocycles. The predicted molar refractivity (Wildman–Crippen MR) is 107 cm³/mol. The highest BCUT2D eigenvalue weighted by Gasteiger charge is 2.20. The largest absolute Gasteiger partial charge is 0.493 e. The van der Waals surface area contributed by atoms with Gasteiger partial charge in [0.05, 0.1) is 10.6 Å². The van der Waals surface area contributed by atoms with E-state index in [0.29, 0.717) is 17.3 Å². The number of nitrogens with zero attached hydrogens (tertiary/aromatic N) is 2. The SMILES string of the molecule is O=c1sc(C=C2C=Nc3ccc(Br)cc32)c(O)n1CC1CCCCC1. The Kier molecular flexibility index (Phi) is 4.65. The van der Waals surface area contributed by atoms with Gasteiger partial charge in [0.2, 0.25) is 5.88 Å². The summed E-state index contributed by atoms with van der Waals surface area (Å²) >= 11 is 4.58. The minimum atomic E-state index is -0.0840. The Morgan fingerprint density at radius 3 is 2.92 bits per heavy atom. The second-order valence-corrected chi connectivity index (χ2v) is 8.60. The zero-order valence-corrected chi connectivity index (χ0v) is 16.1. The van der Waals surface area contributed by atoms with Crippen molar-refractivity contribution in [2.24, 2.45) is 10.9 Å². The predicted octanol–water partition coefficient (Wildman–Crippen LogP) is 5.21. The molecule has 0 atom stereocenters. The lowest BCUT2D eigenvalue weighted by Crippen LogP contribution is -2.20. The van der Waals surface area contributed by atoms with Gasteiger partial charge in [0.25, 0.3) is 0 Å². The summed E-state index contributed by atoms with van der Waals surface area (Å²) in [5.74, 6) is 0.585. The van der Waals surface area contributed by atoms with Crippen LogP contribution in [0.15, 0.2) is 32.5 Å². The van der Waals surface area contributed by atoms with Crippen LogP contribution in [0.4, 0.5) is 5.69 Å². The number of benzene rings is 1. The van der Waals surface area contributed by atoms with E-state index in [-0.39, 0.29) is 10.8 Å². The van der Waals surface area contributed by atoms with Crippen LogP contribution in [0.2, 0.25) is 0 Å². The van der Waals surface area contributed by atoms with Gasteiger partial charge in [0.1, 0.15) is 0 Å². The highest BCUT2D eigenvalue weighted by molar-refractivity contribution is 9.10. The molecule has 25 heavy (non-hydrogen) atoms. The molecule has 0 spiro atoms. The monoisotopic (exact) mass is 418 g/mol. The van der Waals surface area contributed by atoms with Crippen LogP contribution in [0.1, 0.15) is 42.5 Å². The third-order valence-electron chi connectivity index (χ3n) is 4.96. The van der Waals surface area contributed by atoms with Gasteiger partial charge in [-0.15, -0.1) is 0 Å². The van der Waals surface area contributed by atoms with E-state index < -0.39 is 0 Å². The van der Waals surface area contributed by atoms with Crippen LogP contribution in [0.3, 0.4) is 0 Å². The van der Waals surface area contributed by atoms with E-state index in [2.05, 4.69) is 20.9 Å². The van der Waals surface area contributed by atoms with Crippen molar-refractivity contribution in [1.82, 2.24) is 4.57 Å². The van der Waals surface area contributed by atoms with Gasteiger partial charge in [-0.25, -0.2) is 0 Å². The number of halogens is 1. The number of aromatic nitrogens is 1. The van der Waals surface area contributed by atoms with Crippen molar-refractivity contribution in [3.05, 3.63) is 42.8 Å². The van der Waals surface area contributed by atoms with Gasteiger partial charge in [0.15, 0.2) is 0 Å². The zero-order chi connectivity index (χ0) is 17.4. The Hall–Kier alpha value is -1.66. The third-order valence-corrected chi connectivity index (χ3v) is 6.37. The van der Waals surface area contributed by atoms with Crippen LogP contribution < -0.4 is 4.87 Å². The Morgan fingerprint density at radius 1 is 1.32 bits per heavy atom. The standard InChI is InChI=1S/C19H19BrN2O2S/c20-14-6-7-16-15(9-14)13(10-21-16)8-17-18(23)22(19(24)25-17)11-12-4-2-1-3-5-12/h6-10,12,23H,1-5,11H2. The molecule has 0 bridgehead atoms. The molecule has 1 aliphatic carbocycles. The third kappa shape index (κ3) is 3.37. The molecule has 1 aromatic heterocycles. The number of thiazole rings is 1. The van der Waals surface area contributed by atoms with Gasteiger partial charge in [-0.2, -0.15) is 0 Å². The van der Waals surface area contributed by atoms with Crippen LogP contribution >= 0.6 is 27.3 Å². The Morgan fingerprint density at radius 2 is 2.12 bits per heavy atom. The maximum absolute atomic E-state index is 12.4. The van der Waals surface area contributed by atoms with E-state index in [1.165, 1.54) is 19.3 Å². The number of fused-ring (bicyclic) bond motifs is 1. The molecule has 4 rings (SSSR count). The van der Waals surface area contributed by atoms with Crippen molar-refractivity contribution >= 4 is 50.8 Å². The smallest absolute Gasteiger partial charge is 0.310 e. The summed E-state index contributed by atoms with van der Waals surface area (Å²) < 4.78 is 2.52. The lowest BCUT2D eigenvalue weighted by molar-refractivity contribution is 0.299. The zero-order valence-electron chi connectivity index (χ0n) is 13.7. The quantitative estimate of drug-likeness (QED) is 0.742. The van der Waals surface area contributed by atoms with E-state index in [4.69, 9.17) is 0 Å². The van der Waals surface area contributed by atoms with Crippen molar-refractivity contribution in [3.8, 4) is 5.88 Å². The molecule has 4 nitrogen and oxygen atoms in total. The lowest BCUT2D eigenvalue weighted by atomic mass is 9.89. The summed E-state index contributed by atoms with van der Waals surface area (Å²) in [7, 11) is 0. The minimum absolute atomic E-state index is 0.0840. The summed E-state index contributed by atoms with van der Waals surface area (Å²) in [5, 5.41) is 10.6. The van der Waals surface area contributed by atoms with E-state index in [9.17, 15) is 9.90 Å². The van der Waals surface area contributed by atoms with E-state index in [0.717, 1.165) is 45.5 Å². The molecule has 130 valence electrons. The lowest BCUT2D eigenvalue weighted by Gasteiger charge is -2.21. The molecule has 2 aromatic rings. The fourth-order valence-electron chi connectivity index (χ4n) is 3.61. The fourth-order valence-corrected chi connectivity index (χ4v) is 4.82. The van der Waals surface area contributed by atoms with Gasteiger partial charge in [-0.1, -0.05) is 46.5 Å². The normalized spacial score (nSPS) is 18.8. The van der Waals surface area contributed by atoms with Crippen LogP contribution in [-0.2, 0) is 6.54 Å². The molecule has 0 radical (unpaired) electrons. The maximum Gasteiger partial charge on any atom is 0.310 e. The van der Waals surface area contributed by atoms with Gasteiger partial charge < -0.3 is 5.11 Å². The van der Waals surface area contributed by atoms with Crippen molar-refractivity contribution < 1.29 is 5.11 Å². The molecule has 2 aliphatic rings. The summed E-state index contributed by atoms with van der Waals surface area (Å²) in [4.78, 5) is 17.3. The summed E-state index contributed by atoms with van der Waals surface area (Å²) in [6, 6.07) is 5.91. The minimum Gasteiger partial charge on any atom is -0.493 e. The van der Waals surface area contributed by atoms with Gasteiger partial charge in [0, 0.05) is 28.4 Å². The summed E-state index contributed by atoms with van der Waals surface area (Å²) in [5.41, 5.74) is 2.83. The van der Waals surface area contributed by atoms with Crippen LogP contribution in [0.25, 0.3) is 11.6 Å². The molecular formula is C19H19BrN2O2S. The second-order valence-electron chi connectivity index (χ2n) is 6.69. The van der Waals surface area contributed by atoms with Crippen LogP contribution in [0, 0.1) is 5.92 Å². The van der Waals surface area contributed by atoms with Gasteiger partial charge in [-0.05, 0) is 43.0 Å². The summed E-state index contributed by atoms with van der Waals surface area (Å²) in [6.07, 6.45) is 9.67. The Balaban J connectivity index is 1.65. The molecule has 1 fully saturated rings. The van der Waals surface area contributed by atoms with Crippen molar-refractivity contribution in [3.63, 3.8) is 0 Å². The molecule has 0 amide bonds. The van der Waals surface area contributed by atoms with Crippen LogP contribution in [0.5, 0.6) is 5.88 Å². The summed E-state index contributed by atoms with van der Waals surface area (Å²) in [6.45, 7) is 0.626. The maximum atomic E-state index is 12.4. The van der Waals surface area contributed by atoms with E-state index >= 15 is 0 Å². The molecule has 1 N–H and O–H groups in total. The molecule has 1 aromatic carbocycles. The number of rotatable bonds is 3.